The van der Waals surface area contributed by atoms with Crippen LogP contribution >= 0.6 is 27.5 Å². The van der Waals surface area contributed by atoms with E-state index in [0.717, 1.165) is 0 Å². The SMILES string of the molecule is CCOC(=O)C(O)c1cc(Br)c(OC)cc1Cl. The number of hydrogen-bond donors (Lipinski definition) is 1. The van der Waals surface area contributed by atoms with Crippen molar-refractivity contribution in [3.63, 3.8) is 0 Å². The maximum atomic E-state index is 11.4. The maximum Gasteiger partial charge on any atom is 0.339 e. The summed E-state index contributed by atoms with van der Waals surface area (Å²) in [6, 6.07) is 3.05. The van der Waals surface area contributed by atoms with E-state index >= 15 is 0 Å². The molecular weight excluding hydrogens is 311 g/mol. The predicted molar refractivity (Wildman–Crippen MR) is 67.3 cm³/mol. The lowest BCUT2D eigenvalue weighted by Crippen LogP contribution is -2.15. The first-order chi connectivity index (χ1) is 8.01. The molecule has 1 rings (SSSR count). The lowest BCUT2D eigenvalue weighted by atomic mass is 10.1. The molecule has 0 aromatic heterocycles. The number of hydrogen-bond acceptors (Lipinski definition) is 4. The number of carbonyl (C=O) groups excluding carboxylic acids is 1. The summed E-state index contributed by atoms with van der Waals surface area (Å²) in [5.74, 6) is -0.207. The predicted octanol–water partition coefficient (Wildman–Crippen LogP) is 2.71. The lowest BCUT2D eigenvalue weighted by molar-refractivity contribution is -0.153. The first-order valence-corrected chi connectivity index (χ1v) is 6.06. The molecule has 94 valence electrons. The van der Waals surface area contributed by atoms with Crippen molar-refractivity contribution in [2.75, 3.05) is 13.7 Å². The van der Waals surface area contributed by atoms with E-state index in [1.807, 2.05) is 0 Å². The molecular formula is C11H12BrClO4. The van der Waals surface area contributed by atoms with Crippen molar-refractivity contribution < 1.29 is 19.4 Å². The van der Waals surface area contributed by atoms with Crippen LogP contribution in [-0.2, 0) is 9.53 Å². The van der Waals surface area contributed by atoms with Gasteiger partial charge in [-0.25, -0.2) is 4.79 Å². The molecule has 0 aliphatic rings. The number of esters is 1. The molecule has 1 aromatic carbocycles. The first kappa shape index (κ1) is 14.3. The van der Waals surface area contributed by atoms with E-state index in [-0.39, 0.29) is 17.2 Å². The molecule has 1 unspecified atom stereocenters. The molecule has 4 nitrogen and oxygen atoms in total. The summed E-state index contributed by atoms with van der Waals surface area (Å²) in [6.07, 6.45) is -1.40. The number of methoxy groups -OCH3 is 1. The maximum absolute atomic E-state index is 11.4. The molecule has 0 heterocycles. The number of halogens is 2. The molecule has 0 amide bonds. The molecule has 17 heavy (non-hydrogen) atoms. The molecule has 0 saturated heterocycles. The highest BCUT2D eigenvalue weighted by Gasteiger charge is 2.22. The molecule has 0 aliphatic carbocycles. The third-order valence-corrected chi connectivity index (χ3v) is 3.02. The van der Waals surface area contributed by atoms with Crippen LogP contribution in [0.25, 0.3) is 0 Å². The fourth-order valence-electron chi connectivity index (χ4n) is 1.26. The third kappa shape index (κ3) is 3.34. The second-order valence-corrected chi connectivity index (χ2v) is 4.42. The summed E-state index contributed by atoms with van der Waals surface area (Å²) in [7, 11) is 1.50. The molecule has 0 spiro atoms. The monoisotopic (exact) mass is 322 g/mol. The topological polar surface area (TPSA) is 55.8 Å². The van der Waals surface area contributed by atoms with Crippen molar-refractivity contribution in [3.8, 4) is 5.75 Å². The third-order valence-electron chi connectivity index (χ3n) is 2.08. The van der Waals surface area contributed by atoms with E-state index in [0.29, 0.717) is 10.2 Å². The van der Waals surface area contributed by atoms with E-state index in [9.17, 15) is 9.90 Å². The highest BCUT2D eigenvalue weighted by molar-refractivity contribution is 9.10. The van der Waals surface area contributed by atoms with E-state index in [1.54, 1.807) is 6.92 Å². The Labute approximate surface area is 113 Å². The van der Waals surface area contributed by atoms with Gasteiger partial charge in [0.1, 0.15) is 5.75 Å². The zero-order valence-corrected chi connectivity index (χ0v) is 11.7. The summed E-state index contributed by atoms with van der Waals surface area (Å²) < 4.78 is 10.4. The smallest absolute Gasteiger partial charge is 0.339 e. The van der Waals surface area contributed by atoms with Crippen molar-refractivity contribution in [2.24, 2.45) is 0 Å². The molecule has 1 atom stereocenters. The Morgan fingerprint density at radius 2 is 2.24 bits per heavy atom. The normalized spacial score (nSPS) is 12.1. The van der Waals surface area contributed by atoms with Crippen LogP contribution in [0.5, 0.6) is 5.75 Å². The molecule has 0 aliphatic heterocycles. The lowest BCUT2D eigenvalue weighted by Gasteiger charge is -2.13. The fourth-order valence-corrected chi connectivity index (χ4v) is 2.04. The molecule has 0 saturated carbocycles. The minimum atomic E-state index is -1.40. The largest absolute Gasteiger partial charge is 0.496 e. The van der Waals surface area contributed by atoms with E-state index in [2.05, 4.69) is 15.9 Å². The Balaban J connectivity index is 3.06. The van der Waals surface area contributed by atoms with Crippen LogP contribution < -0.4 is 4.74 Å². The van der Waals surface area contributed by atoms with Gasteiger partial charge < -0.3 is 14.6 Å². The highest BCUT2D eigenvalue weighted by Crippen LogP contribution is 2.34. The minimum Gasteiger partial charge on any atom is -0.496 e. The number of aliphatic hydroxyl groups is 1. The molecule has 0 radical (unpaired) electrons. The highest BCUT2D eigenvalue weighted by atomic mass is 79.9. The minimum absolute atomic E-state index is 0.199. The van der Waals surface area contributed by atoms with Crippen LogP contribution in [0, 0.1) is 0 Å². The van der Waals surface area contributed by atoms with Crippen LogP contribution in [0.4, 0.5) is 0 Å². The van der Waals surface area contributed by atoms with Gasteiger partial charge in [0.15, 0.2) is 6.10 Å². The zero-order chi connectivity index (χ0) is 13.0. The second-order valence-electron chi connectivity index (χ2n) is 3.16. The molecule has 0 bridgehead atoms. The summed E-state index contributed by atoms with van der Waals surface area (Å²) in [5, 5.41) is 10.0. The number of benzene rings is 1. The first-order valence-electron chi connectivity index (χ1n) is 4.88. The number of carbonyl (C=O) groups is 1. The van der Waals surface area contributed by atoms with Gasteiger partial charge in [0.25, 0.3) is 0 Å². The van der Waals surface area contributed by atoms with Gasteiger partial charge >= 0.3 is 5.97 Å². The van der Waals surface area contributed by atoms with Crippen molar-refractivity contribution in [1.29, 1.82) is 0 Å². The summed E-state index contributed by atoms with van der Waals surface area (Å²) in [6.45, 7) is 1.86. The van der Waals surface area contributed by atoms with Gasteiger partial charge in [0, 0.05) is 11.6 Å². The van der Waals surface area contributed by atoms with Crippen molar-refractivity contribution in [1.82, 2.24) is 0 Å². The Bertz CT molecular complexity index is 422. The number of aliphatic hydroxyl groups excluding tert-OH is 1. The van der Waals surface area contributed by atoms with Crippen LogP contribution in [0.3, 0.4) is 0 Å². The molecule has 1 N–H and O–H groups in total. The average molecular weight is 324 g/mol. The Kier molecular flexibility index (Phi) is 5.24. The van der Waals surface area contributed by atoms with E-state index < -0.39 is 12.1 Å². The van der Waals surface area contributed by atoms with E-state index in [1.165, 1.54) is 19.2 Å². The Hall–Kier alpha value is -0.780. The number of rotatable bonds is 4. The Morgan fingerprint density at radius 3 is 2.76 bits per heavy atom. The van der Waals surface area contributed by atoms with Crippen molar-refractivity contribution in [3.05, 3.63) is 27.2 Å². The molecule has 6 heteroatoms. The van der Waals surface area contributed by atoms with Crippen LogP contribution in [-0.4, -0.2) is 24.8 Å². The van der Waals surface area contributed by atoms with Crippen molar-refractivity contribution in [2.45, 2.75) is 13.0 Å². The van der Waals surface area contributed by atoms with Crippen LogP contribution in [0.1, 0.15) is 18.6 Å². The molecule has 1 aromatic rings. The quantitative estimate of drug-likeness (QED) is 0.866. The number of ether oxygens (including phenoxy) is 2. The van der Waals surface area contributed by atoms with Gasteiger partial charge in [0.05, 0.1) is 23.2 Å². The van der Waals surface area contributed by atoms with E-state index in [4.69, 9.17) is 21.1 Å². The van der Waals surface area contributed by atoms with Crippen LogP contribution in [0.15, 0.2) is 16.6 Å². The summed E-state index contributed by atoms with van der Waals surface area (Å²) >= 11 is 9.20. The summed E-state index contributed by atoms with van der Waals surface area (Å²) in [4.78, 5) is 11.4. The standard InChI is InChI=1S/C11H12BrClO4/c1-3-17-11(15)10(14)6-4-7(12)9(16-2)5-8(6)13/h4-5,10,14H,3H2,1-2H3. The van der Waals surface area contributed by atoms with Gasteiger partial charge in [-0.05, 0) is 28.9 Å². The van der Waals surface area contributed by atoms with Gasteiger partial charge in [-0.1, -0.05) is 11.6 Å². The zero-order valence-electron chi connectivity index (χ0n) is 9.37. The summed E-state index contributed by atoms with van der Waals surface area (Å²) in [5.41, 5.74) is 0.276. The Morgan fingerprint density at radius 1 is 1.59 bits per heavy atom. The average Bonchev–Trinajstić information content (AvgIpc) is 2.31. The van der Waals surface area contributed by atoms with Gasteiger partial charge in [-0.2, -0.15) is 0 Å². The van der Waals surface area contributed by atoms with Crippen LogP contribution in [0.2, 0.25) is 5.02 Å². The molecule has 0 fully saturated rings. The van der Waals surface area contributed by atoms with Gasteiger partial charge in [-0.15, -0.1) is 0 Å². The van der Waals surface area contributed by atoms with Gasteiger partial charge in [0.2, 0.25) is 0 Å². The fraction of sp³-hybridized carbons (Fsp3) is 0.364. The second kappa shape index (κ2) is 6.23. The van der Waals surface area contributed by atoms with Gasteiger partial charge in [-0.3, -0.25) is 0 Å². The van der Waals surface area contributed by atoms with Crippen molar-refractivity contribution >= 4 is 33.5 Å².